The van der Waals surface area contributed by atoms with Gasteiger partial charge in [0.05, 0.1) is 24.8 Å². The quantitative estimate of drug-likeness (QED) is 0.365. The minimum Gasteiger partial charge on any atom is -0.491 e. The van der Waals surface area contributed by atoms with Crippen molar-refractivity contribution < 1.29 is 19.1 Å². The van der Waals surface area contributed by atoms with Gasteiger partial charge in [0.1, 0.15) is 30.1 Å². The maximum absolute atomic E-state index is 13.7. The number of carbonyl (C=O) groups excluding carboxylic acids is 3. The van der Waals surface area contributed by atoms with Gasteiger partial charge in [-0.3, -0.25) is 14.4 Å². The number of halogens is 1. The molecule has 1 aromatic heterocycles. The molecule has 3 N–H and O–H groups in total. The summed E-state index contributed by atoms with van der Waals surface area (Å²) in [6.07, 6.45) is 3.92. The van der Waals surface area contributed by atoms with E-state index in [1.807, 2.05) is 44.4 Å². The molecule has 1 aliphatic heterocycles. The monoisotopic (exact) mass is 581 g/mol. The van der Waals surface area contributed by atoms with Gasteiger partial charge in [-0.25, -0.2) is 4.68 Å². The number of aromatic nitrogens is 3. The lowest BCUT2D eigenvalue weighted by Crippen LogP contribution is -2.54. The van der Waals surface area contributed by atoms with E-state index < -0.39 is 23.9 Å². The number of carbonyl (C=O) groups is 3. The normalized spacial score (nSPS) is 18.5. The predicted octanol–water partition coefficient (Wildman–Crippen LogP) is 2.20. The molecule has 1 aliphatic rings. The van der Waals surface area contributed by atoms with E-state index >= 15 is 0 Å². The first kappa shape index (κ1) is 30.0. The van der Waals surface area contributed by atoms with Gasteiger partial charge in [0, 0.05) is 11.4 Å². The Balaban J connectivity index is 1.63. The minimum atomic E-state index is -0.878. The molecule has 0 saturated heterocycles. The Kier molecular flexibility index (Phi) is 10.7. The van der Waals surface area contributed by atoms with Crippen molar-refractivity contribution >= 4 is 29.3 Å². The molecule has 4 rings (SSSR count). The van der Waals surface area contributed by atoms with Crippen LogP contribution in [0.25, 0.3) is 0 Å². The minimum absolute atomic E-state index is 0.146. The van der Waals surface area contributed by atoms with Crippen molar-refractivity contribution in [2.24, 2.45) is 0 Å². The van der Waals surface area contributed by atoms with E-state index in [0.717, 1.165) is 18.5 Å². The van der Waals surface area contributed by atoms with E-state index in [4.69, 9.17) is 16.3 Å². The number of nitrogens with one attached hydrogen (secondary N) is 3. The molecule has 0 radical (unpaired) electrons. The highest BCUT2D eigenvalue weighted by Gasteiger charge is 2.28. The molecule has 41 heavy (non-hydrogen) atoms. The maximum atomic E-state index is 13.7. The van der Waals surface area contributed by atoms with Gasteiger partial charge in [0.25, 0.3) is 5.91 Å². The first-order valence-corrected chi connectivity index (χ1v) is 14.1. The second kappa shape index (κ2) is 14.6. The van der Waals surface area contributed by atoms with Crippen molar-refractivity contribution in [3.63, 3.8) is 0 Å². The standard InChI is InChI=1S/C29H36ClN7O4/c1-36(2)13-7-6-10-24-29(40)33-25(16-20-8-4-3-5-9-20)28(39)31-18-22-19-37(35-34-22)14-15-41-26-12-11-21(30)17-23(26)27(38)32-24/h3-5,8-9,11-12,17,19,24-25H,6-7,10,13-16,18H2,1-2H3,(H,31,39)(H,32,38)(H,33,40)/t24-,25+/m0/s1. The summed E-state index contributed by atoms with van der Waals surface area (Å²) in [7, 11) is 3.97. The summed E-state index contributed by atoms with van der Waals surface area (Å²) in [5, 5.41) is 17.2. The van der Waals surface area contributed by atoms with E-state index in [9.17, 15) is 14.4 Å². The lowest BCUT2D eigenvalue weighted by atomic mass is 10.0. The molecule has 0 unspecified atom stereocenters. The van der Waals surface area contributed by atoms with E-state index in [0.29, 0.717) is 35.9 Å². The van der Waals surface area contributed by atoms with Crippen LogP contribution in [0.1, 0.15) is 40.9 Å². The summed E-state index contributed by atoms with van der Waals surface area (Å²) in [6.45, 7) is 1.57. The van der Waals surface area contributed by atoms with Gasteiger partial charge in [-0.05, 0) is 63.7 Å². The number of benzene rings is 2. The molecule has 2 aromatic carbocycles. The summed E-state index contributed by atoms with van der Waals surface area (Å²) < 4.78 is 7.51. The van der Waals surface area contributed by atoms with Crippen LogP contribution in [0.5, 0.6) is 5.75 Å². The van der Waals surface area contributed by atoms with Crippen LogP contribution in [0.15, 0.2) is 54.7 Å². The van der Waals surface area contributed by atoms with Crippen LogP contribution in [0, 0.1) is 0 Å². The third-order valence-corrected chi connectivity index (χ3v) is 6.91. The van der Waals surface area contributed by atoms with E-state index in [1.165, 1.54) is 6.07 Å². The molecule has 0 aliphatic carbocycles. The smallest absolute Gasteiger partial charge is 0.255 e. The first-order valence-electron chi connectivity index (χ1n) is 13.7. The van der Waals surface area contributed by atoms with E-state index in [2.05, 4.69) is 31.2 Å². The summed E-state index contributed by atoms with van der Waals surface area (Å²) in [6, 6.07) is 12.5. The molecule has 2 heterocycles. The van der Waals surface area contributed by atoms with Crippen molar-refractivity contribution in [3.8, 4) is 5.75 Å². The molecule has 218 valence electrons. The second-order valence-corrected chi connectivity index (χ2v) is 10.7. The Morgan fingerprint density at radius 3 is 2.61 bits per heavy atom. The largest absolute Gasteiger partial charge is 0.491 e. The van der Waals surface area contributed by atoms with Gasteiger partial charge in [-0.1, -0.05) is 47.1 Å². The SMILES string of the molecule is CN(C)CCCC[C@@H]1NC(=O)c2cc(Cl)ccc2OCCn2cc(nn2)CNC(=O)[C@@H](Cc2ccccc2)NC1=O. The molecule has 0 saturated carbocycles. The van der Waals surface area contributed by atoms with Crippen molar-refractivity contribution in [1.82, 2.24) is 35.8 Å². The van der Waals surface area contributed by atoms with E-state index in [1.54, 1.807) is 23.0 Å². The number of nitrogens with zero attached hydrogens (tertiary/aromatic N) is 4. The lowest BCUT2D eigenvalue weighted by Gasteiger charge is -2.24. The molecular weight excluding hydrogens is 546 g/mol. The van der Waals surface area contributed by atoms with Crippen molar-refractivity contribution in [2.45, 2.75) is 50.9 Å². The number of hydrogen-bond acceptors (Lipinski definition) is 7. The van der Waals surface area contributed by atoms with E-state index in [-0.39, 0.29) is 31.0 Å². The summed E-state index contributed by atoms with van der Waals surface area (Å²) in [5.74, 6) is -0.966. The van der Waals surface area contributed by atoms with Crippen molar-refractivity contribution in [3.05, 3.63) is 76.6 Å². The average molecular weight is 582 g/mol. The number of fused-ring (bicyclic) bond motifs is 3. The zero-order valence-electron chi connectivity index (χ0n) is 23.3. The van der Waals surface area contributed by atoms with Crippen molar-refractivity contribution in [1.29, 1.82) is 0 Å². The molecule has 3 aromatic rings. The van der Waals surface area contributed by atoms with Crippen molar-refractivity contribution in [2.75, 3.05) is 27.2 Å². The third-order valence-electron chi connectivity index (χ3n) is 6.68. The Labute approximate surface area is 244 Å². The van der Waals surface area contributed by atoms with Crippen LogP contribution >= 0.6 is 11.6 Å². The number of amides is 3. The molecule has 3 amide bonds. The summed E-state index contributed by atoms with van der Waals surface area (Å²) >= 11 is 6.23. The molecule has 0 spiro atoms. The predicted molar refractivity (Wildman–Crippen MR) is 155 cm³/mol. The van der Waals surface area contributed by atoms with Crippen LogP contribution in [0.2, 0.25) is 5.02 Å². The third kappa shape index (κ3) is 9.02. The maximum Gasteiger partial charge on any atom is 0.255 e. The second-order valence-electron chi connectivity index (χ2n) is 10.3. The number of rotatable bonds is 7. The molecule has 12 heteroatoms. The summed E-state index contributed by atoms with van der Waals surface area (Å²) in [4.78, 5) is 42.6. The highest BCUT2D eigenvalue weighted by atomic mass is 35.5. The lowest BCUT2D eigenvalue weighted by molar-refractivity contribution is -0.130. The Bertz CT molecular complexity index is 1330. The topological polar surface area (TPSA) is 130 Å². The fourth-order valence-electron chi connectivity index (χ4n) is 4.50. The zero-order valence-corrected chi connectivity index (χ0v) is 24.1. The van der Waals surface area contributed by atoms with Gasteiger partial charge in [0.2, 0.25) is 11.8 Å². The number of ether oxygens (including phenoxy) is 1. The Morgan fingerprint density at radius 1 is 1.02 bits per heavy atom. The van der Waals surface area contributed by atoms with Crippen LogP contribution in [-0.2, 0) is 29.1 Å². The fraction of sp³-hybridized carbons (Fsp3) is 0.414. The van der Waals surface area contributed by atoms with Gasteiger partial charge < -0.3 is 25.6 Å². The highest BCUT2D eigenvalue weighted by molar-refractivity contribution is 6.31. The molecular formula is C29H36ClN7O4. The number of hydrogen-bond donors (Lipinski definition) is 3. The molecule has 11 nitrogen and oxygen atoms in total. The number of unbranched alkanes of at least 4 members (excludes halogenated alkanes) is 1. The van der Waals surface area contributed by atoms with Gasteiger partial charge in [0.15, 0.2) is 0 Å². The van der Waals surface area contributed by atoms with Crippen LogP contribution in [0.4, 0.5) is 0 Å². The summed E-state index contributed by atoms with van der Waals surface area (Å²) in [5.41, 5.74) is 1.66. The zero-order chi connectivity index (χ0) is 29.2. The molecule has 0 fully saturated rings. The fourth-order valence-corrected chi connectivity index (χ4v) is 4.67. The van der Waals surface area contributed by atoms with Gasteiger partial charge in [-0.2, -0.15) is 0 Å². The first-order chi connectivity index (χ1) is 19.8. The van der Waals surface area contributed by atoms with Gasteiger partial charge >= 0.3 is 0 Å². The molecule has 2 atom stereocenters. The van der Waals surface area contributed by atoms with Crippen LogP contribution in [-0.4, -0.2) is 76.9 Å². The van der Waals surface area contributed by atoms with Crippen LogP contribution < -0.4 is 20.7 Å². The highest BCUT2D eigenvalue weighted by Crippen LogP contribution is 2.23. The van der Waals surface area contributed by atoms with Crippen LogP contribution in [0.3, 0.4) is 0 Å². The molecule has 2 bridgehead atoms. The average Bonchev–Trinajstić information content (AvgIpc) is 3.41. The Hall–Kier alpha value is -3.96. The van der Waals surface area contributed by atoms with Gasteiger partial charge in [-0.15, -0.1) is 5.10 Å². The Morgan fingerprint density at radius 2 is 1.83 bits per heavy atom.